The molecule has 1 saturated heterocycles. The van der Waals surface area contributed by atoms with E-state index in [9.17, 15) is 9.59 Å². The molecule has 1 aromatic heterocycles. The number of carbonyl (C=O) groups is 1. The molecular formula is C19H24N2O3. The van der Waals surface area contributed by atoms with E-state index in [-0.39, 0.29) is 11.5 Å². The minimum absolute atomic E-state index is 0.149. The number of hydrogen-bond donors (Lipinski definition) is 1. The highest BCUT2D eigenvalue weighted by Crippen LogP contribution is 2.26. The van der Waals surface area contributed by atoms with Crippen LogP contribution in [0.5, 0.6) is 0 Å². The number of benzene rings is 1. The van der Waals surface area contributed by atoms with E-state index in [0.717, 1.165) is 30.6 Å². The van der Waals surface area contributed by atoms with Crippen LogP contribution in [0.1, 0.15) is 32.8 Å². The summed E-state index contributed by atoms with van der Waals surface area (Å²) in [6.07, 6.45) is 1.26. The Morgan fingerprint density at radius 1 is 1.25 bits per heavy atom. The molecule has 24 heavy (non-hydrogen) atoms. The highest BCUT2D eigenvalue weighted by Gasteiger charge is 2.22. The van der Waals surface area contributed by atoms with E-state index in [1.54, 1.807) is 12.1 Å². The molecule has 0 radical (unpaired) electrons. The Morgan fingerprint density at radius 3 is 2.62 bits per heavy atom. The summed E-state index contributed by atoms with van der Waals surface area (Å²) in [5.74, 6) is 1.20. The number of hydrogen-bond acceptors (Lipinski definition) is 4. The molecule has 2 aromatic rings. The SMILES string of the molecule is CC(=O)Nc1ccc2c(CN3CC(C)CC(C)C3)cc(=O)oc2c1. The first-order valence-corrected chi connectivity index (χ1v) is 8.47. The molecule has 0 spiro atoms. The van der Waals surface area contributed by atoms with Crippen molar-refractivity contribution in [1.82, 2.24) is 4.90 Å². The minimum Gasteiger partial charge on any atom is -0.423 e. The van der Waals surface area contributed by atoms with Crippen LogP contribution in [0.25, 0.3) is 11.0 Å². The molecule has 1 aliphatic rings. The minimum atomic E-state index is -0.351. The monoisotopic (exact) mass is 328 g/mol. The first-order chi connectivity index (χ1) is 11.4. The highest BCUT2D eigenvalue weighted by atomic mass is 16.4. The number of rotatable bonds is 3. The van der Waals surface area contributed by atoms with Crippen molar-refractivity contribution in [2.75, 3.05) is 18.4 Å². The third-order valence-electron chi connectivity index (χ3n) is 4.49. The summed E-state index contributed by atoms with van der Waals surface area (Å²) in [6, 6.07) is 7.05. The van der Waals surface area contributed by atoms with Crippen molar-refractivity contribution in [2.45, 2.75) is 33.7 Å². The Kier molecular flexibility index (Phi) is 4.71. The number of likely N-dealkylation sites (tertiary alicyclic amines) is 1. The van der Waals surface area contributed by atoms with Gasteiger partial charge in [0.1, 0.15) is 5.58 Å². The van der Waals surface area contributed by atoms with Gasteiger partial charge in [0.25, 0.3) is 0 Å². The Balaban J connectivity index is 1.92. The third-order valence-corrected chi connectivity index (χ3v) is 4.49. The van der Waals surface area contributed by atoms with Gasteiger partial charge in [-0.1, -0.05) is 13.8 Å². The van der Waals surface area contributed by atoms with Crippen molar-refractivity contribution < 1.29 is 9.21 Å². The highest BCUT2D eigenvalue weighted by molar-refractivity contribution is 5.92. The fourth-order valence-electron chi connectivity index (χ4n) is 3.80. The Hall–Kier alpha value is -2.14. The van der Waals surface area contributed by atoms with Crippen LogP contribution < -0.4 is 10.9 Å². The van der Waals surface area contributed by atoms with Crippen molar-refractivity contribution in [3.05, 3.63) is 40.2 Å². The molecule has 3 rings (SSSR count). The Labute approximate surface area is 141 Å². The van der Waals surface area contributed by atoms with Gasteiger partial charge in [-0.05, 0) is 36.0 Å². The van der Waals surface area contributed by atoms with Gasteiger partial charge in [0, 0.05) is 49.8 Å². The van der Waals surface area contributed by atoms with Crippen LogP contribution in [0, 0.1) is 11.8 Å². The van der Waals surface area contributed by atoms with E-state index in [1.165, 1.54) is 13.3 Å². The Morgan fingerprint density at radius 2 is 1.96 bits per heavy atom. The largest absolute Gasteiger partial charge is 0.423 e. The van der Waals surface area contributed by atoms with Gasteiger partial charge < -0.3 is 9.73 Å². The lowest BCUT2D eigenvalue weighted by atomic mass is 9.91. The molecule has 128 valence electrons. The topological polar surface area (TPSA) is 62.6 Å². The van der Waals surface area contributed by atoms with Crippen LogP contribution >= 0.6 is 0 Å². The molecular weight excluding hydrogens is 304 g/mol. The van der Waals surface area contributed by atoms with E-state index in [4.69, 9.17) is 4.42 Å². The van der Waals surface area contributed by atoms with Gasteiger partial charge in [-0.15, -0.1) is 0 Å². The van der Waals surface area contributed by atoms with Crippen molar-refractivity contribution in [3.63, 3.8) is 0 Å². The van der Waals surface area contributed by atoms with E-state index in [0.29, 0.717) is 23.1 Å². The molecule has 1 aromatic carbocycles. The normalized spacial score (nSPS) is 21.8. The number of nitrogens with zero attached hydrogens (tertiary/aromatic N) is 1. The van der Waals surface area contributed by atoms with E-state index < -0.39 is 0 Å². The van der Waals surface area contributed by atoms with Gasteiger partial charge in [0.05, 0.1) is 0 Å². The summed E-state index contributed by atoms with van der Waals surface area (Å²) in [5.41, 5.74) is 1.78. The summed E-state index contributed by atoms with van der Waals surface area (Å²) < 4.78 is 5.33. The second-order valence-electron chi connectivity index (χ2n) is 7.12. The summed E-state index contributed by atoms with van der Waals surface area (Å²) in [7, 11) is 0. The van der Waals surface area contributed by atoms with Crippen molar-refractivity contribution >= 4 is 22.6 Å². The van der Waals surface area contributed by atoms with Crippen molar-refractivity contribution in [2.24, 2.45) is 11.8 Å². The van der Waals surface area contributed by atoms with Gasteiger partial charge in [-0.2, -0.15) is 0 Å². The maximum atomic E-state index is 11.9. The van der Waals surface area contributed by atoms with Crippen LogP contribution in [-0.2, 0) is 11.3 Å². The molecule has 1 fully saturated rings. The summed E-state index contributed by atoms with van der Waals surface area (Å²) in [5, 5.41) is 3.64. The zero-order chi connectivity index (χ0) is 17.3. The van der Waals surface area contributed by atoms with Gasteiger partial charge in [-0.3, -0.25) is 9.69 Å². The number of fused-ring (bicyclic) bond motifs is 1. The van der Waals surface area contributed by atoms with Crippen LogP contribution in [0.2, 0.25) is 0 Å². The lowest BCUT2D eigenvalue weighted by Crippen LogP contribution is -2.38. The second-order valence-corrected chi connectivity index (χ2v) is 7.12. The van der Waals surface area contributed by atoms with Crippen LogP contribution in [0.4, 0.5) is 5.69 Å². The molecule has 2 heterocycles. The average molecular weight is 328 g/mol. The zero-order valence-corrected chi connectivity index (χ0v) is 14.5. The molecule has 5 nitrogen and oxygen atoms in total. The summed E-state index contributed by atoms with van der Waals surface area (Å²) >= 11 is 0. The fraction of sp³-hybridized carbons (Fsp3) is 0.474. The van der Waals surface area contributed by atoms with Crippen LogP contribution in [0.15, 0.2) is 33.5 Å². The van der Waals surface area contributed by atoms with Gasteiger partial charge in [0.15, 0.2) is 0 Å². The predicted octanol–water partition coefficient (Wildman–Crippen LogP) is 3.23. The molecule has 1 amide bonds. The average Bonchev–Trinajstić information content (AvgIpc) is 2.44. The summed E-state index contributed by atoms with van der Waals surface area (Å²) in [6.45, 7) is 8.86. The zero-order valence-electron chi connectivity index (χ0n) is 14.5. The maximum Gasteiger partial charge on any atom is 0.336 e. The number of amides is 1. The molecule has 2 unspecified atom stereocenters. The summed E-state index contributed by atoms with van der Waals surface area (Å²) in [4.78, 5) is 25.5. The molecule has 5 heteroatoms. The molecule has 1 N–H and O–H groups in total. The maximum absolute atomic E-state index is 11.9. The van der Waals surface area contributed by atoms with Crippen LogP contribution in [-0.4, -0.2) is 23.9 Å². The number of anilines is 1. The second kappa shape index (κ2) is 6.77. The van der Waals surface area contributed by atoms with Gasteiger partial charge in [-0.25, -0.2) is 4.79 Å². The first kappa shape index (κ1) is 16.7. The van der Waals surface area contributed by atoms with Crippen molar-refractivity contribution in [1.29, 1.82) is 0 Å². The molecule has 2 atom stereocenters. The predicted molar refractivity (Wildman–Crippen MR) is 95.0 cm³/mol. The van der Waals surface area contributed by atoms with Crippen LogP contribution in [0.3, 0.4) is 0 Å². The number of piperidine rings is 1. The van der Waals surface area contributed by atoms with E-state index >= 15 is 0 Å². The van der Waals surface area contributed by atoms with E-state index in [1.807, 2.05) is 12.1 Å². The molecule has 0 aliphatic carbocycles. The lowest BCUT2D eigenvalue weighted by Gasteiger charge is -2.35. The quantitative estimate of drug-likeness (QED) is 0.879. The Bertz CT molecular complexity index is 802. The first-order valence-electron chi connectivity index (χ1n) is 8.47. The smallest absolute Gasteiger partial charge is 0.336 e. The lowest BCUT2D eigenvalue weighted by molar-refractivity contribution is -0.114. The van der Waals surface area contributed by atoms with Gasteiger partial charge >= 0.3 is 5.63 Å². The van der Waals surface area contributed by atoms with Gasteiger partial charge in [0.2, 0.25) is 5.91 Å². The third kappa shape index (κ3) is 3.85. The molecule has 0 saturated carbocycles. The molecule has 1 aliphatic heterocycles. The molecule has 0 bridgehead atoms. The standard InChI is InChI=1S/C19H24N2O3/c1-12-6-13(2)10-21(9-12)11-15-7-19(23)24-18-8-16(20-14(3)22)4-5-17(15)18/h4-5,7-8,12-13H,6,9-11H2,1-3H3,(H,20,22). The number of carbonyl (C=O) groups excluding carboxylic acids is 1. The van der Waals surface area contributed by atoms with Crippen molar-refractivity contribution in [3.8, 4) is 0 Å². The fourth-order valence-corrected chi connectivity index (χ4v) is 3.80. The number of nitrogens with one attached hydrogen (secondary N) is 1. The van der Waals surface area contributed by atoms with E-state index in [2.05, 4.69) is 24.1 Å².